The zero-order valence-electron chi connectivity index (χ0n) is 12.2. The number of pyridine rings is 1. The topological polar surface area (TPSA) is 50.9 Å². The van der Waals surface area contributed by atoms with Crippen molar-refractivity contribution < 1.29 is 0 Å². The molecule has 3 N–H and O–H groups in total. The van der Waals surface area contributed by atoms with Gasteiger partial charge in [-0.05, 0) is 48.9 Å². The molecule has 0 saturated heterocycles. The molecule has 0 aliphatic heterocycles. The standard InChI is InChI=1S/C17H23N3/c1-2-17(9-3-4-10-17)12-20-15-8-7-14(18)16-13(15)6-5-11-19-16/h5-8,11,20H,2-4,9-10,12,18H2,1H3. The highest BCUT2D eigenvalue weighted by molar-refractivity contribution is 5.98. The molecule has 1 fully saturated rings. The fraction of sp³-hybridized carbons (Fsp3) is 0.471. The van der Waals surface area contributed by atoms with Crippen molar-refractivity contribution >= 4 is 22.3 Å². The van der Waals surface area contributed by atoms with Gasteiger partial charge in [0, 0.05) is 23.8 Å². The van der Waals surface area contributed by atoms with Crippen LogP contribution in [0.15, 0.2) is 30.5 Å². The summed E-state index contributed by atoms with van der Waals surface area (Å²) in [5.74, 6) is 0. The van der Waals surface area contributed by atoms with Crippen LogP contribution in [-0.2, 0) is 0 Å². The normalized spacial score (nSPS) is 17.4. The molecule has 2 aromatic rings. The maximum absolute atomic E-state index is 6.01. The monoisotopic (exact) mass is 269 g/mol. The molecular formula is C17H23N3. The molecule has 20 heavy (non-hydrogen) atoms. The predicted molar refractivity (Wildman–Crippen MR) is 85.8 cm³/mol. The number of nitrogens with one attached hydrogen (secondary N) is 1. The van der Waals surface area contributed by atoms with Crippen molar-refractivity contribution in [1.29, 1.82) is 0 Å². The Morgan fingerprint density at radius 1 is 1.25 bits per heavy atom. The summed E-state index contributed by atoms with van der Waals surface area (Å²) in [6.07, 6.45) is 8.50. The minimum absolute atomic E-state index is 0.482. The van der Waals surface area contributed by atoms with Crippen molar-refractivity contribution in [1.82, 2.24) is 4.98 Å². The summed E-state index contributed by atoms with van der Waals surface area (Å²) in [5.41, 5.74) is 9.29. The molecule has 0 amide bonds. The number of nitrogens with two attached hydrogens (primary N) is 1. The molecule has 1 aromatic heterocycles. The molecule has 0 bridgehead atoms. The van der Waals surface area contributed by atoms with Crippen LogP contribution in [0, 0.1) is 5.41 Å². The van der Waals surface area contributed by atoms with Gasteiger partial charge in [0.25, 0.3) is 0 Å². The summed E-state index contributed by atoms with van der Waals surface area (Å²) in [5, 5.41) is 4.78. The van der Waals surface area contributed by atoms with Gasteiger partial charge in [-0.15, -0.1) is 0 Å². The van der Waals surface area contributed by atoms with E-state index in [0.717, 1.165) is 28.8 Å². The van der Waals surface area contributed by atoms with Gasteiger partial charge in [0.2, 0.25) is 0 Å². The third-order valence-electron chi connectivity index (χ3n) is 4.87. The average Bonchev–Trinajstić information content (AvgIpc) is 2.96. The maximum Gasteiger partial charge on any atom is 0.0951 e. The number of nitrogens with zero attached hydrogens (tertiary/aromatic N) is 1. The third-order valence-corrected chi connectivity index (χ3v) is 4.87. The second kappa shape index (κ2) is 5.31. The Morgan fingerprint density at radius 3 is 2.80 bits per heavy atom. The number of hydrogen-bond donors (Lipinski definition) is 2. The van der Waals surface area contributed by atoms with Gasteiger partial charge in [-0.3, -0.25) is 4.98 Å². The lowest BCUT2D eigenvalue weighted by Crippen LogP contribution is -2.25. The molecular weight excluding hydrogens is 246 g/mol. The molecule has 3 heteroatoms. The molecule has 0 radical (unpaired) electrons. The largest absolute Gasteiger partial charge is 0.397 e. The van der Waals surface area contributed by atoms with Crippen molar-refractivity contribution in [2.75, 3.05) is 17.6 Å². The number of aromatic nitrogens is 1. The predicted octanol–water partition coefficient (Wildman–Crippen LogP) is 4.20. The molecule has 1 saturated carbocycles. The molecule has 1 aromatic carbocycles. The van der Waals surface area contributed by atoms with Gasteiger partial charge in [-0.1, -0.05) is 19.8 Å². The highest BCUT2D eigenvalue weighted by Crippen LogP contribution is 2.41. The number of fused-ring (bicyclic) bond motifs is 1. The molecule has 106 valence electrons. The first-order valence-electron chi connectivity index (χ1n) is 7.61. The first kappa shape index (κ1) is 13.2. The van der Waals surface area contributed by atoms with Gasteiger partial charge in [-0.25, -0.2) is 0 Å². The summed E-state index contributed by atoms with van der Waals surface area (Å²) < 4.78 is 0. The second-order valence-electron chi connectivity index (χ2n) is 6.02. The third kappa shape index (κ3) is 2.33. The van der Waals surface area contributed by atoms with Gasteiger partial charge in [-0.2, -0.15) is 0 Å². The minimum atomic E-state index is 0.482. The van der Waals surface area contributed by atoms with Crippen molar-refractivity contribution in [3.63, 3.8) is 0 Å². The van der Waals surface area contributed by atoms with Crippen molar-refractivity contribution in [3.8, 4) is 0 Å². The van der Waals surface area contributed by atoms with Crippen LogP contribution in [0.3, 0.4) is 0 Å². The lowest BCUT2D eigenvalue weighted by atomic mass is 9.83. The zero-order chi connectivity index (χ0) is 14.0. The summed E-state index contributed by atoms with van der Waals surface area (Å²) in [6.45, 7) is 3.37. The van der Waals surface area contributed by atoms with Crippen LogP contribution >= 0.6 is 0 Å². The van der Waals surface area contributed by atoms with E-state index in [-0.39, 0.29) is 0 Å². The SMILES string of the molecule is CCC1(CNc2ccc(N)c3ncccc23)CCCC1. The molecule has 0 unspecified atom stereocenters. The van der Waals surface area contributed by atoms with Gasteiger partial charge >= 0.3 is 0 Å². The van der Waals surface area contributed by atoms with Crippen molar-refractivity contribution in [3.05, 3.63) is 30.5 Å². The first-order valence-corrected chi connectivity index (χ1v) is 7.61. The molecule has 1 heterocycles. The molecule has 3 nitrogen and oxygen atoms in total. The van der Waals surface area contributed by atoms with Crippen molar-refractivity contribution in [2.24, 2.45) is 5.41 Å². The van der Waals surface area contributed by atoms with Crippen LogP contribution in [0.5, 0.6) is 0 Å². The Morgan fingerprint density at radius 2 is 2.05 bits per heavy atom. The van der Waals surface area contributed by atoms with Crippen LogP contribution in [0.25, 0.3) is 10.9 Å². The zero-order valence-corrected chi connectivity index (χ0v) is 12.2. The van der Waals surface area contributed by atoms with Gasteiger partial charge in [0.1, 0.15) is 0 Å². The minimum Gasteiger partial charge on any atom is -0.397 e. The second-order valence-corrected chi connectivity index (χ2v) is 6.02. The van der Waals surface area contributed by atoms with E-state index in [0.29, 0.717) is 5.41 Å². The van der Waals surface area contributed by atoms with E-state index in [1.54, 1.807) is 6.20 Å². The molecule has 1 aliphatic rings. The first-order chi connectivity index (χ1) is 9.74. The van der Waals surface area contributed by atoms with Gasteiger partial charge < -0.3 is 11.1 Å². The molecule has 3 rings (SSSR count). The Labute approximate surface area is 120 Å². The maximum atomic E-state index is 6.01. The Bertz CT molecular complexity index is 600. The molecule has 1 aliphatic carbocycles. The Kier molecular flexibility index (Phi) is 3.51. The van der Waals surface area contributed by atoms with E-state index in [1.807, 2.05) is 12.1 Å². The highest BCUT2D eigenvalue weighted by Gasteiger charge is 2.31. The molecule has 0 spiro atoms. The summed E-state index contributed by atoms with van der Waals surface area (Å²) >= 11 is 0. The fourth-order valence-electron chi connectivity index (χ4n) is 3.41. The quantitative estimate of drug-likeness (QED) is 0.818. The Hall–Kier alpha value is -1.77. The smallest absolute Gasteiger partial charge is 0.0951 e. The summed E-state index contributed by atoms with van der Waals surface area (Å²) in [6, 6.07) is 8.09. The summed E-state index contributed by atoms with van der Waals surface area (Å²) in [4.78, 5) is 4.39. The number of hydrogen-bond acceptors (Lipinski definition) is 3. The van der Waals surface area contributed by atoms with Gasteiger partial charge in [0.15, 0.2) is 0 Å². The van der Waals surface area contributed by atoms with E-state index < -0.39 is 0 Å². The van der Waals surface area contributed by atoms with E-state index in [4.69, 9.17) is 5.73 Å². The van der Waals surface area contributed by atoms with Crippen molar-refractivity contribution in [2.45, 2.75) is 39.0 Å². The van der Waals surface area contributed by atoms with E-state index in [2.05, 4.69) is 29.4 Å². The van der Waals surface area contributed by atoms with Gasteiger partial charge in [0.05, 0.1) is 11.2 Å². The number of benzene rings is 1. The van der Waals surface area contributed by atoms with E-state index in [1.165, 1.54) is 32.1 Å². The van der Waals surface area contributed by atoms with Crippen LogP contribution in [0.4, 0.5) is 11.4 Å². The Balaban J connectivity index is 1.86. The van der Waals surface area contributed by atoms with E-state index in [9.17, 15) is 0 Å². The van der Waals surface area contributed by atoms with E-state index >= 15 is 0 Å². The highest BCUT2D eigenvalue weighted by atomic mass is 14.9. The number of nitrogen functional groups attached to an aromatic ring is 1. The number of anilines is 2. The van der Waals surface area contributed by atoms with Crippen LogP contribution in [0.2, 0.25) is 0 Å². The molecule has 0 atom stereocenters. The lowest BCUT2D eigenvalue weighted by Gasteiger charge is -2.28. The fourth-order valence-corrected chi connectivity index (χ4v) is 3.41. The lowest BCUT2D eigenvalue weighted by molar-refractivity contribution is 0.307. The van der Waals surface area contributed by atoms with Crippen LogP contribution in [0.1, 0.15) is 39.0 Å². The van der Waals surface area contributed by atoms with Crippen LogP contribution < -0.4 is 11.1 Å². The summed E-state index contributed by atoms with van der Waals surface area (Å²) in [7, 11) is 0. The number of rotatable bonds is 4. The average molecular weight is 269 g/mol. The van der Waals surface area contributed by atoms with Crippen LogP contribution in [-0.4, -0.2) is 11.5 Å².